The van der Waals surface area contributed by atoms with Gasteiger partial charge in [-0.05, 0) is 47.9 Å². The van der Waals surface area contributed by atoms with Gasteiger partial charge in [0.25, 0.3) is 0 Å². The molecule has 1 atom stereocenters. The summed E-state index contributed by atoms with van der Waals surface area (Å²) in [5, 5.41) is 10.3. The van der Waals surface area contributed by atoms with Crippen LogP contribution >= 0.6 is 11.3 Å². The van der Waals surface area contributed by atoms with Gasteiger partial charge in [0.15, 0.2) is 0 Å². The highest BCUT2D eigenvalue weighted by Crippen LogP contribution is 2.22. The quantitative estimate of drug-likeness (QED) is 0.827. The maximum atomic E-state index is 12.0. The zero-order chi connectivity index (χ0) is 15.1. The number of thiophene rings is 1. The number of amides is 1. The minimum absolute atomic E-state index is 0.0725. The number of hydrogen-bond donors (Lipinski definition) is 2. The lowest BCUT2D eigenvalue weighted by Gasteiger charge is -2.14. The highest BCUT2D eigenvalue weighted by molar-refractivity contribution is 7.07. The Hall–Kier alpha value is -1.85. The highest BCUT2D eigenvalue weighted by atomic mass is 32.1. The van der Waals surface area contributed by atoms with Crippen molar-refractivity contribution in [1.82, 2.24) is 5.32 Å². The number of anilines is 1. The summed E-state index contributed by atoms with van der Waals surface area (Å²) >= 11 is 1.69. The highest BCUT2D eigenvalue weighted by Gasteiger charge is 2.09. The van der Waals surface area contributed by atoms with E-state index in [9.17, 15) is 4.79 Å². The molecule has 1 heterocycles. The first-order valence-corrected chi connectivity index (χ1v) is 7.80. The van der Waals surface area contributed by atoms with Crippen LogP contribution in [0.2, 0.25) is 0 Å². The topological polar surface area (TPSA) is 50.4 Å². The Morgan fingerprint density at radius 3 is 2.86 bits per heavy atom. The molecule has 0 aliphatic heterocycles. The normalized spacial score (nSPS) is 11.9. The number of ether oxygens (including phenoxy) is 1. The Bertz CT molecular complexity index is 569. The van der Waals surface area contributed by atoms with Crippen molar-refractivity contribution in [3.05, 3.63) is 46.7 Å². The van der Waals surface area contributed by atoms with E-state index in [2.05, 4.69) is 34.4 Å². The standard InChI is InChI=1S/C16H20N2O2S/c1-12(9-13-7-8-21-11-13)17-10-16(19)18-14-5-3-4-6-15(14)20-2/h3-8,11-12,17H,9-10H2,1-2H3,(H,18,19). The molecule has 0 radical (unpaired) electrons. The molecular weight excluding hydrogens is 284 g/mol. The fourth-order valence-electron chi connectivity index (χ4n) is 2.04. The Labute approximate surface area is 129 Å². The van der Waals surface area contributed by atoms with Crippen LogP contribution in [0.15, 0.2) is 41.1 Å². The largest absolute Gasteiger partial charge is 0.495 e. The fourth-order valence-corrected chi connectivity index (χ4v) is 2.73. The molecule has 0 fully saturated rings. The van der Waals surface area contributed by atoms with E-state index in [-0.39, 0.29) is 18.5 Å². The number of hydrogen-bond acceptors (Lipinski definition) is 4. The number of nitrogens with one attached hydrogen (secondary N) is 2. The summed E-state index contributed by atoms with van der Waals surface area (Å²) in [4.78, 5) is 12.0. The van der Waals surface area contributed by atoms with Gasteiger partial charge in [0.1, 0.15) is 5.75 Å². The summed E-state index contributed by atoms with van der Waals surface area (Å²) in [6, 6.07) is 9.74. The van der Waals surface area contributed by atoms with Gasteiger partial charge in [-0.25, -0.2) is 0 Å². The van der Waals surface area contributed by atoms with Gasteiger partial charge < -0.3 is 15.4 Å². The van der Waals surface area contributed by atoms with E-state index in [1.54, 1.807) is 18.4 Å². The smallest absolute Gasteiger partial charge is 0.238 e. The van der Waals surface area contributed by atoms with Gasteiger partial charge in [-0.15, -0.1) is 0 Å². The molecule has 4 nitrogen and oxygen atoms in total. The minimum atomic E-state index is -0.0725. The lowest BCUT2D eigenvalue weighted by atomic mass is 10.1. The molecule has 0 aliphatic rings. The molecule has 0 saturated carbocycles. The predicted octanol–water partition coefficient (Wildman–Crippen LogP) is 2.92. The lowest BCUT2D eigenvalue weighted by molar-refractivity contribution is -0.115. The van der Waals surface area contributed by atoms with Crippen LogP contribution in [-0.4, -0.2) is 25.6 Å². The number of rotatable bonds is 7. The maximum absolute atomic E-state index is 12.0. The summed E-state index contributed by atoms with van der Waals surface area (Å²) in [5.74, 6) is 0.592. The van der Waals surface area contributed by atoms with E-state index in [1.165, 1.54) is 5.56 Å². The van der Waals surface area contributed by atoms with E-state index in [0.29, 0.717) is 11.4 Å². The number of carbonyl (C=O) groups excluding carboxylic acids is 1. The Kier molecular flexibility index (Phi) is 5.78. The van der Waals surface area contributed by atoms with Crippen LogP contribution in [0.25, 0.3) is 0 Å². The van der Waals surface area contributed by atoms with Crippen molar-refractivity contribution in [3.63, 3.8) is 0 Å². The summed E-state index contributed by atoms with van der Waals surface area (Å²) in [7, 11) is 1.59. The van der Waals surface area contributed by atoms with Crippen molar-refractivity contribution < 1.29 is 9.53 Å². The molecule has 2 aromatic rings. The third kappa shape index (κ3) is 4.88. The molecule has 21 heavy (non-hydrogen) atoms. The van der Waals surface area contributed by atoms with Gasteiger partial charge in [0.05, 0.1) is 19.3 Å². The molecule has 2 N–H and O–H groups in total. The van der Waals surface area contributed by atoms with Gasteiger partial charge >= 0.3 is 0 Å². The Morgan fingerprint density at radius 1 is 1.33 bits per heavy atom. The van der Waals surface area contributed by atoms with Gasteiger partial charge in [0.2, 0.25) is 5.91 Å². The van der Waals surface area contributed by atoms with E-state index in [1.807, 2.05) is 24.3 Å². The van der Waals surface area contributed by atoms with Crippen molar-refractivity contribution in [3.8, 4) is 5.75 Å². The van der Waals surface area contributed by atoms with Gasteiger partial charge in [0, 0.05) is 6.04 Å². The molecule has 1 aromatic carbocycles. The number of benzene rings is 1. The summed E-state index contributed by atoms with van der Waals surface area (Å²) in [6.07, 6.45) is 0.922. The molecule has 112 valence electrons. The van der Waals surface area contributed by atoms with E-state index in [4.69, 9.17) is 4.74 Å². The second kappa shape index (κ2) is 7.81. The molecule has 0 bridgehead atoms. The first-order valence-electron chi connectivity index (χ1n) is 6.86. The third-order valence-electron chi connectivity index (χ3n) is 3.11. The second-order valence-electron chi connectivity index (χ2n) is 4.87. The SMILES string of the molecule is COc1ccccc1NC(=O)CNC(C)Cc1ccsc1. The molecule has 1 aromatic heterocycles. The summed E-state index contributed by atoms with van der Waals surface area (Å²) in [6.45, 7) is 2.36. The summed E-state index contributed by atoms with van der Waals surface area (Å²) < 4.78 is 5.21. The van der Waals surface area contributed by atoms with Crippen molar-refractivity contribution in [2.24, 2.45) is 0 Å². The van der Waals surface area contributed by atoms with Crippen LogP contribution in [0.5, 0.6) is 5.75 Å². The molecule has 0 aliphatic carbocycles. The average molecular weight is 304 g/mol. The Balaban J connectivity index is 1.79. The van der Waals surface area contributed by atoms with Crippen molar-refractivity contribution in [2.45, 2.75) is 19.4 Å². The first-order chi connectivity index (χ1) is 10.2. The number of para-hydroxylation sites is 2. The average Bonchev–Trinajstić information content (AvgIpc) is 2.98. The van der Waals surface area contributed by atoms with Crippen molar-refractivity contribution in [2.75, 3.05) is 19.0 Å². The van der Waals surface area contributed by atoms with E-state index in [0.717, 1.165) is 6.42 Å². The first kappa shape index (κ1) is 15.5. The monoisotopic (exact) mass is 304 g/mol. The molecule has 2 rings (SSSR count). The molecule has 5 heteroatoms. The van der Waals surface area contributed by atoms with Gasteiger partial charge in [-0.1, -0.05) is 12.1 Å². The number of methoxy groups -OCH3 is 1. The van der Waals surface area contributed by atoms with Crippen LogP contribution in [0, 0.1) is 0 Å². The predicted molar refractivity (Wildman–Crippen MR) is 87.1 cm³/mol. The molecule has 1 amide bonds. The van der Waals surface area contributed by atoms with Crippen molar-refractivity contribution in [1.29, 1.82) is 0 Å². The van der Waals surface area contributed by atoms with E-state index < -0.39 is 0 Å². The van der Waals surface area contributed by atoms with Crippen molar-refractivity contribution >= 4 is 22.9 Å². The Morgan fingerprint density at radius 2 is 2.14 bits per heavy atom. The maximum Gasteiger partial charge on any atom is 0.238 e. The molecule has 0 spiro atoms. The number of carbonyl (C=O) groups is 1. The third-order valence-corrected chi connectivity index (χ3v) is 3.85. The zero-order valence-electron chi connectivity index (χ0n) is 12.3. The second-order valence-corrected chi connectivity index (χ2v) is 5.65. The summed E-state index contributed by atoms with van der Waals surface area (Å²) in [5.41, 5.74) is 1.99. The zero-order valence-corrected chi connectivity index (χ0v) is 13.1. The van der Waals surface area contributed by atoms with Gasteiger partial charge in [-0.3, -0.25) is 4.79 Å². The molecule has 1 unspecified atom stereocenters. The van der Waals surface area contributed by atoms with Crippen LogP contribution < -0.4 is 15.4 Å². The van der Waals surface area contributed by atoms with Crippen LogP contribution in [-0.2, 0) is 11.2 Å². The van der Waals surface area contributed by atoms with Crippen LogP contribution in [0.3, 0.4) is 0 Å². The van der Waals surface area contributed by atoms with Crippen LogP contribution in [0.4, 0.5) is 5.69 Å². The molecule has 0 saturated heterocycles. The minimum Gasteiger partial charge on any atom is -0.495 e. The van der Waals surface area contributed by atoms with Gasteiger partial charge in [-0.2, -0.15) is 11.3 Å². The van der Waals surface area contributed by atoms with E-state index >= 15 is 0 Å². The molecular formula is C16H20N2O2S. The fraction of sp³-hybridized carbons (Fsp3) is 0.312. The van der Waals surface area contributed by atoms with Crippen LogP contribution in [0.1, 0.15) is 12.5 Å². The lowest BCUT2D eigenvalue weighted by Crippen LogP contribution is -2.35.